The number of anilines is 1. The second kappa shape index (κ2) is 11.1. The molecule has 148 valence electrons. The summed E-state index contributed by atoms with van der Waals surface area (Å²) in [5.74, 6) is -3.94. The van der Waals surface area contributed by atoms with Gasteiger partial charge >= 0.3 is 11.9 Å². The van der Waals surface area contributed by atoms with Gasteiger partial charge in [-0.15, -0.1) is 0 Å². The molecule has 1 aliphatic heterocycles. The van der Waals surface area contributed by atoms with Gasteiger partial charge in [-0.05, 0) is 38.1 Å². The SMILES string of the molecule is NC(=O)C1CCN(CCC(=O)Nc2ccccc2Cl)CC1.O=C(O)C(=O)O. The summed E-state index contributed by atoms with van der Waals surface area (Å²) in [5.41, 5.74) is 5.94. The molecule has 1 fully saturated rings. The van der Waals surface area contributed by atoms with E-state index in [-0.39, 0.29) is 17.7 Å². The molecule has 27 heavy (non-hydrogen) atoms. The van der Waals surface area contributed by atoms with Crippen LogP contribution < -0.4 is 11.1 Å². The Labute approximate surface area is 161 Å². The summed E-state index contributed by atoms with van der Waals surface area (Å²) in [4.78, 5) is 43.4. The van der Waals surface area contributed by atoms with E-state index in [1.54, 1.807) is 12.1 Å². The van der Waals surface area contributed by atoms with Gasteiger partial charge in [-0.25, -0.2) is 9.59 Å². The zero-order valence-corrected chi connectivity index (χ0v) is 15.3. The van der Waals surface area contributed by atoms with Crippen molar-refractivity contribution in [2.75, 3.05) is 25.0 Å². The third-order valence-electron chi connectivity index (χ3n) is 3.98. The van der Waals surface area contributed by atoms with E-state index in [1.807, 2.05) is 12.1 Å². The van der Waals surface area contributed by atoms with Crippen molar-refractivity contribution in [1.29, 1.82) is 0 Å². The molecule has 9 nitrogen and oxygen atoms in total. The van der Waals surface area contributed by atoms with E-state index in [0.717, 1.165) is 25.9 Å². The van der Waals surface area contributed by atoms with Gasteiger partial charge in [-0.2, -0.15) is 0 Å². The monoisotopic (exact) mass is 399 g/mol. The number of benzene rings is 1. The minimum atomic E-state index is -1.82. The Balaban J connectivity index is 0.000000527. The van der Waals surface area contributed by atoms with Crippen molar-refractivity contribution in [2.45, 2.75) is 19.3 Å². The fourth-order valence-electron chi connectivity index (χ4n) is 2.48. The van der Waals surface area contributed by atoms with Gasteiger partial charge in [-0.3, -0.25) is 9.59 Å². The van der Waals surface area contributed by atoms with Crippen LogP contribution in [0.15, 0.2) is 24.3 Å². The van der Waals surface area contributed by atoms with Crippen molar-refractivity contribution >= 4 is 41.0 Å². The Morgan fingerprint density at radius 3 is 2.15 bits per heavy atom. The lowest BCUT2D eigenvalue weighted by Gasteiger charge is -2.30. The average molecular weight is 400 g/mol. The zero-order valence-electron chi connectivity index (χ0n) is 14.6. The predicted octanol–water partition coefficient (Wildman–Crippen LogP) is 1.02. The number of likely N-dealkylation sites (tertiary alicyclic amines) is 1. The Morgan fingerprint density at radius 2 is 1.67 bits per heavy atom. The molecule has 1 aliphatic rings. The summed E-state index contributed by atoms with van der Waals surface area (Å²) in [6.07, 6.45) is 1.97. The molecule has 0 atom stereocenters. The van der Waals surface area contributed by atoms with Crippen LogP contribution in [-0.2, 0) is 19.2 Å². The molecule has 1 aromatic rings. The number of carboxylic acid groups (broad SMARTS) is 2. The summed E-state index contributed by atoms with van der Waals surface area (Å²) < 4.78 is 0. The molecule has 0 radical (unpaired) electrons. The van der Waals surface area contributed by atoms with Crippen molar-refractivity contribution in [3.8, 4) is 0 Å². The Morgan fingerprint density at radius 1 is 1.11 bits per heavy atom. The quantitative estimate of drug-likeness (QED) is 0.539. The molecule has 1 aromatic carbocycles. The van der Waals surface area contributed by atoms with Crippen LogP contribution in [0, 0.1) is 5.92 Å². The molecule has 1 saturated heterocycles. The third-order valence-corrected chi connectivity index (χ3v) is 4.31. The fraction of sp³-hybridized carbons (Fsp3) is 0.412. The fourth-order valence-corrected chi connectivity index (χ4v) is 2.66. The standard InChI is InChI=1S/C15H20ClN3O2.C2H2O4/c16-12-3-1-2-4-13(12)18-14(20)7-10-19-8-5-11(6-9-19)15(17)21;3-1(4)2(5)6/h1-4,11H,5-10H2,(H2,17,21)(H,18,20);(H,3,4)(H,5,6). The smallest absolute Gasteiger partial charge is 0.414 e. The topological polar surface area (TPSA) is 150 Å². The van der Waals surface area contributed by atoms with Crippen molar-refractivity contribution < 1.29 is 29.4 Å². The number of nitrogens with zero attached hydrogens (tertiary/aromatic N) is 1. The average Bonchev–Trinajstić information content (AvgIpc) is 2.62. The lowest BCUT2D eigenvalue weighted by molar-refractivity contribution is -0.159. The van der Waals surface area contributed by atoms with E-state index < -0.39 is 11.9 Å². The van der Waals surface area contributed by atoms with Gasteiger partial charge in [0.05, 0.1) is 10.7 Å². The molecule has 0 spiro atoms. The van der Waals surface area contributed by atoms with Gasteiger partial charge in [0, 0.05) is 18.9 Å². The van der Waals surface area contributed by atoms with Crippen molar-refractivity contribution in [3.05, 3.63) is 29.3 Å². The molecule has 2 amide bonds. The summed E-state index contributed by atoms with van der Waals surface area (Å²) >= 11 is 5.99. The predicted molar refractivity (Wildman–Crippen MR) is 98.3 cm³/mol. The van der Waals surface area contributed by atoms with E-state index in [0.29, 0.717) is 23.7 Å². The first kappa shape index (κ1) is 22.4. The molecular weight excluding hydrogens is 378 g/mol. The molecule has 0 aliphatic carbocycles. The zero-order chi connectivity index (χ0) is 20.4. The van der Waals surface area contributed by atoms with Crippen molar-refractivity contribution in [1.82, 2.24) is 4.90 Å². The molecule has 1 heterocycles. The lowest BCUT2D eigenvalue weighted by Crippen LogP contribution is -2.39. The molecule has 5 N–H and O–H groups in total. The van der Waals surface area contributed by atoms with Crippen LogP contribution in [-0.4, -0.2) is 58.5 Å². The first-order chi connectivity index (χ1) is 12.7. The molecule has 0 saturated carbocycles. The lowest BCUT2D eigenvalue weighted by atomic mass is 9.96. The Kier molecular flexibility index (Phi) is 9.24. The first-order valence-corrected chi connectivity index (χ1v) is 8.60. The van der Waals surface area contributed by atoms with Gasteiger partial charge in [0.2, 0.25) is 11.8 Å². The number of hydrogen-bond acceptors (Lipinski definition) is 5. The van der Waals surface area contributed by atoms with E-state index >= 15 is 0 Å². The summed E-state index contributed by atoms with van der Waals surface area (Å²) in [6.45, 7) is 2.31. The molecular formula is C17H22ClN3O6. The van der Waals surface area contributed by atoms with Gasteiger partial charge in [0.15, 0.2) is 0 Å². The highest BCUT2D eigenvalue weighted by Crippen LogP contribution is 2.21. The highest BCUT2D eigenvalue weighted by atomic mass is 35.5. The second-order valence-corrected chi connectivity index (χ2v) is 6.31. The minimum Gasteiger partial charge on any atom is -0.473 e. The first-order valence-electron chi connectivity index (χ1n) is 8.23. The number of nitrogens with two attached hydrogens (primary N) is 1. The van der Waals surface area contributed by atoms with Crippen LogP contribution in [0.3, 0.4) is 0 Å². The van der Waals surface area contributed by atoms with Gasteiger partial charge < -0.3 is 26.2 Å². The van der Waals surface area contributed by atoms with E-state index in [4.69, 9.17) is 37.1 Å². The van der Waals surface area contributed by atoms with Gasteiger partial charge in [0.1, 0.15) is 0 Å². The van der Waals surface area contributed by atoms with Crippen molar-refractivity contribution in [3.63, 3.8) is 0 Å². The number of carboxylic acids is 2. The number of para-hydroxylation sites is 1. The number of carbonyl (C=O) groups excluding carboxylic acids is 2. The van der Waals surface area contributed by atoms with Crippen LogP contribution in [0.25, 0.3) is 0 Å². The molecule has 0 bridgehead atoms. The maximum Gasteiger partial charge on any atom is 0.414 e. The molecule has 0 unspecified atom stereocenters. The highest BCUT2D eigenvalue weighted by Gasteiger charge is 2.23. The molecule has 0 aromatic heterocycles. The largest absolute Gasteiger partial charge is 0.473 e. The van der Waals surface area contributed by atoms with Crippen LogP contribution >= 0.6 is 11.6 Å². The number of carbonyl (C=O) groups is 4. The maximum absolute atomic E-state index is 11.9. The normalized spacial score (nSPS) is 14.6. The number of piperidine rings is 1. The van der Waals surface area contributed by atoms with Gasteiger partial charge in [-0.1, -0.05) is 23.7 Å². The highest BCUT2D eigenvalue weighted by molar-refractivity contribution is 6.33. The number of aliphatic carboxylic acids is 2. The second-order valence-electron chi connectivity index (χ2n) is 5.91. The molecule has 2 rings (SSSR count). The minimum absolute atomic E-state index is 0.0156. The summed E-state index contributed by atoms with van der Waals surface area (Å²) in [5, 5.41) is 18.1. The maximum atomic E-state index is 11.9. The summed E-state index contributed by atoms with van der Waals surface area (Å²) in [6, 6.07) is 7.17. The number of halogens is 1. The number of primary amides is 1. The van der Waals surface area contributed by atoms with Crippen LogP contribution in [0.2, 0.25) is 5.02 Å². The van der Waals surface area contributed by atoms with Crippen LogP contribution in [0.5, 0.6) is 0 Å². The third kappa shape index (κ3) is 8.52. The van der Waals surface area contributed by atoms with E-state index in [1.165, 1.54) is 0 Å². The van der Waals surface area contributed by atoms with Crippen LogP contribution in [0.1, 0.15) is 19.3 Å². The van der Waals surface area contributed by atoms with E-state index in [2.05, 4.69) is 10.2 Å². The van der Waals surface area contributed by atoms with Gasteiger partial charge in [0.25, 0.3) is 0 Å². The number of nitrogens with one attached hydrogen (secondary N) is 1. The van der Waals surface area contributed by atoms with Crippen molar-refractivity contribution in [2.24, 2.45) is 11.7 Å². The number of amides is 2. The molecule has 10 heteroatoms. The Hall–Kier alpha value is -2.65. The number of rotatable bonds is 5. The summed E-state index contributed by atoms with van der Waals surface area (Å²) in [7, 11) is 0. The Bertz CT molecular complexity index is 677. The van der Waals surface area contributed by atoms with E-state index in [9.17, 15) is 9.59 Å². The van der Waals surface area contributed by atoms with Crippen LogP contribution in [0.4, 0.5) is 5.69 Å². The number of hydrogen-bond donors (Lipinski definition) is 4.